The van der Waals surface area contributed by atoms with Gasteiger partial charge in [-0.2, -0.15) is 16.7 Å². The summed E-state index contributed by atoms with van der Waals surface area (Å²) in [6.07, 6.45) is 1.97. The van der Waals surface area contributed by atoms with Gasteiger partial charge in [-0.05, 0) is 6.26 Å². The lowest BCUT2D eigenvalue weighted by Crippen LogP contribution is -2.17. The first-order valence-electron chi connectivity index (χ1n) is 3.84. The molecule has 0 saturated heterocycles. The van der Waals surface area contributed by atoms with Crippen molar-refractivity contribution < 1.29 is 9.26 Å². The van der Waals surface area contributed by atoms with Crippen LogP contribution < -0.4 is 5.73 Å². The van der Waals surface area contributed by atoms with Gasteiger partial charge < -0.3 is 15.0 Å². The van der Waals surface area contributed by atoms with Crippen molar-refractivity contribution >= 4 is 11.8 Å². The standard InChI is InChI=1S/C7H13N3O2S/c1-11-3-5(8)7-9-6(4-13-2)12-10-7/h5H,3-4,8H2,1-2H3. The van der Waals surface area contributed by atoms with Gasteiger partial charge in [-0.1, -0.05) is 5.16 Å². The summed E-state index contributed by atoms with van der Waals surface area (Å²) in [5, 5.41) is 3.75. The Labute approximate surface area is 81.0 Å². The van der Waals surface area contributed by atoms with E-state index in [1.165, 1.54) is 0 Å². The minimum atomic E-state index is -0.302. The van der Waals surface area contributed by atoms with Crippen LogP contribution in [0.2, 0.25) is 0 Å². The Hall–Kier alpha value is -0.590. The van der Waals surface area contributed by atoms with Crippen LogP contribution in [0.25, 0.3) is 0 Å². The molecule has 0 aliphatic carbocycles. The maximum atomic E-state index is 5.70. The zero-order valence-corrected chi connectivity index (χ0v) is 8.50. The van der Waals surface area contributed by atoms with Crippen molar-refractivity contribution in [3.05, 3.63) is 11.7 Å². The molecule has 2 N–H and O–H groups in total. The Kier molecular flexibility index (Phi) is 4.20. The van der Waals surface area contributed by atoms with E-state index in [4.69, 9.17) is 15.0 Å². The van der Waals surface area contributed by atoms with Crippen LogP contribution >= 0.6 is 11.8 Å². The predicted octanol–water partition coefficient (Wildman–Crippen LogP) is 0.579. The van der Waals surface area contributed by atoms with E-state index in [1.54, 1.807) is 18.9 Å². The van der Waals surface area contributed by atoms with Crippen molar-refractivity contribution in [2.24, 2.45) is 5.73 Å². The zero-order valence-electron chi connectivity index (χ0n) is 7.69. The molecular formula is C7H13N3O2S. The van der Waals surface area contributed by atoms with Crippen LogP contribution in [-0.4, -0.2) is 30.1 Å². The second-order valence-electron chi connectivity index (χ2n) is 2.54. The minimum absolute atomic E-state index is 0.302. The molecule has 0 bridgehead atoms. The quantitative estimate of drug-likeness (QED) is 0.754. The molecule has 74 valence electrons. The number of nitrogens with zero attached hydrogens (tertiary/aromatic N) is 2. The lowest BCUT2D eigenvalue weighted by atomic mass is 10.3. The number of hydrogen-bond acceptors (Lipinski definition) is 6. The maximum Gasteiger partial charge on any atom is 0.236 e. The van der Waals surface area contributed by atoms with Gasteiger partial charge in [-0.3, -0.25) is 0 Å². The molecule has 0 aliphatic heterocycles. The van der Waals surface area contributed by atoms with Crippen LogP contribution in [0.4, 0.5) is 0 Å². The summed E-state index contributed by atoms with van der Waals surface area (Å²) in [7, 11) is 1.59. The first kappa shape index (κ1) is 10.5. The number of hydrogen-bond donors (Lipinski definition) is 1. The van der Waals surface area contributed by atoms with Gasteiger partial charge in [-0.25, -0.2) is 0 Å². The van der Waals surface area contributed by atoms with E-state index in [0.29, 0.717) is 24.1 Å². The molecule has 13 heavy (non-hydrogen) atoms. The zero-order chi connectivity index (χ0) is 9.68. The summed E-state index contributed by atoms with van der Waals surface area (Å²) in [6.45, 7) is 0.401. The maximum absolute atomic E-state index is 5.70. The second-order valence-corrected chi connectivity index (χ2v) is 3.41. The number of thioether (sulfide) groups is 1. The summed E-state index contributed by atoms with van der Waals surface area (Å²) < 4.78 is 9.83. The van der Waals surface area contributed by atoms with E-state index in [1.807, 2.05) is 6.26 Å². The molecule has 1 aromatic heterocycles. The lowest BCUT2D eigenvalue weighted by Gasteiger charge is -2.02. The van der Waals surface area contributed by atoms with E-state index in [-0.39, 0.29) is 6.04 Å². The molecule has 0 amide bonds. The average Bonchev–Trinajstić information content (AvgIpc) is 2.54. The van der Waals surface area contributed by atoms with Crippen LogP contribution in [0.1, 0.15) is 17.8 Å². The molecule has 5 nitrogen and oxygen atoms in total. The van der Waals surface area contributed by atoms with Crippen molar-refractivity contribution in [2.45, 2.75) is 11.8 Å². The molecule has 1 atom stereocenters. The SMILES string of the molecule is COCC(N)c1noc(CSC)n1. The van der Waals surface area contributed by atoms with Crippen LogP contribution in [0.15, 0.2) is 4.52 Å². The van der Waals surface area contributed by atoms with Crippen molar-refractivity contribution in [3.8, 4) is 0 Å². The van der Waals surface area contributed by atoms with Gasteiger partial charge in [0.25, 0.3) is 0 Å². The monoisotopic (exact) mass is 203 g/mol. The average molecular weight is 203 g/mol. The smallest absolute Gasteiger partial charge is 0.236 e. The highest BCUT2D eigenvalue weighted by atomic mass is 32.2. The molecule has 0 aromatic carbocycles. The van der Waals surface area contributed by atoms with Crippen molar-refractivity contribution in [3.63, 3.8) is 0 Å². The Bertz CT molecular complexity index is 254. The third-order valence-corrected chi connectivity index (χ3v) is 1.97. The van der Waals surface area contributed by atoms with E-state index >= 15 is 0 Å². The molecule has 1 unspecified atom stereocenters. The number of aromatic nitrogens is 2. The molecule has 0 saturated carbocycles. The number of rotatable bonds is 5. The molecule has 0 spiro atoms. The Morgan fingerprint density at radius 2 is 2.46 bits per heavy atom. The second kappa shape index (κ2) is 5.21. The van der Waals surface area contributed by atoms with Gasteiger partial charge in [0, 0.05) is 7.11 Å². The fourth-order valence-electron chi connectivity index (χ4n) is 0.855. The summed E-state index contributed by atoms with van der Waals surface area (Å²) in [6, 6.07) is -0.302. The largest absolute Gasteiger partial charge is 0.383 e. The van der Waals surface area contributed by atoms with Crippen LogP contribution in [-0.2, 0) is 10.5 Å². The molecular weight excluding hydrogens is 190 g/mol. The van der Waals surface area contributed by atoms with Gasteiger partial charge in [0.15, 0.2) is 5.82 Å². The van der Waals surface area contributed by atoms with Crippen LogP contribution in [0.3, 0.4) is 0 Å². The van der Waals surface area contributed by atoms with E-state index in [2.05, 4.69) is 10.1 Å². The molecule has 0 aliphatic rings. The Morgan fingerprint density at radius 1 is 1.69 bits per heavy atom. The number of methoxy groups -OCH3 is 1. The van der Waals surface area contributed by atoms with Gasteiger partial charge in [0.2, 0.25) is 5.89 Å². The van der Waals surface area contributed by atoms with Crippen LogP contribution in [0, 0.1) is 0 Å². The number of ether oxygens (including phenoxy) is 1. The van der Waals surface area contributed by atoms with Gasteiger partial charge in [0.05, 0.1) is 18.4 Å². The molecule has 0 fully saturated rings. The topological polar surface area (TPSA) is 74.2 Å². The van der Waals surface area contributed by atoms with E-state index in [9.17, 15) is 0 Å². The van der Waals surface area contributed by atoms with Crippen molar-refractivity contribution in [1.29, 1.82) is 0 Å². The molecule has 0 radical (unpaired) electrons. The normalized spacial score (nSPS) is 13.2. The van der Waals surface area contributed by atoms with Crippen LogP contribution in [0.5, 0.6) is 0 Å². The van der Waals surface area contributed by atoms with Gasteiger partial charge in [-0.15, -0.1) is 0 Å². The highest BCUT2D eigenvalue weighted by molar-refractivity contribution is 7.97. The van der Waals surface area contributed by atoms with Gasteiger partial charge in [0.1, 0.15) is 0 Å². The van der Waals surface area contributed by atoms with Crippen molar-refractivity contribution in [1.82, 2.24) is 10.1 Å². The Balaban J connectivity index is 2.56. The lowest BCUT2D eigenvalue weighted by molar-refractivity contribution is 0.177. The third kappa shape index (κ3) is 2.98. The first-order valence-corrected chi connectivity index (χ1v) is 5.23. The number of nitrogens with two attached hydrogens (primary N) is 1. The Morgan fingerprint density at radius 3 is 3.08 bits per heavy atom. The third-order valence-electron chi connectivity index (χ3n) is 1.43. The molecule has 1 rings (SSSR count). The highest BCUT2D eigenvalue weighted by Crippen LogP contribution is 2.10. The fraction of sp³-hybridized carbons (Fsp3) is 0.714. The van der Waals surface area contributed by atoms with Crippen molar-refractivity contribution in [2.75, 3.05) is 20.0 Å². The first-order chi connectivity index (χ1) is 6.27. The summed E-state index contributed by atoms with van der Waals surface area (Å²) in [5.74, 6) is 1.83. The summed E-state index contributed by atoms with van der Waals surface area (Å²) in [5.41, 5.74) is 5.70. The predicted molar refractivity (Wildman–Crippen MR) is 50.3 cm³/mol. The fourth-order valence-corrected chi connectivity index (χ4v) is 1.22. The minimum Gasteiger partial charge on any atom is -0.383 e. The van der Waals surface area contributed by atoms with Gasteiger partial charge >= 0.3 is 0 Å². The summed E-state index contributed by atoms with van der Waals surface area (Å²) >= 11 is 1.62. The molecule has 6 heteroatoms. The molecule has 1 heterocycles. The van der Waals surface area contributed by atoms with E-state index in [0.717, 1.165) is 0 Å². The highest BCUT2D eigenvalue weighted by Gasteiger charge is 2.13. The summed E-state index contributed by atoms with van der Waals surface area (Å²) in [4.78, 5) is 4.11. The molecule has 1 aromatic rings. The van der Waals surface area contributed by atoms with E-state index < -0.39 is 0 Å².